The van der Waals surface area contributed by atoms with Crippen LogP contribution in [-0.4, -0.2) is 28.8 Å². The first-order valence-corrected chi connectivity index (χ1v) is 5.54. The molecule has 0 radical (unpaired) electrons. The summed E-state index contributed by atoms with van der Waals surface area (Å²) in [4.78, 5) is 12.1. The van der Waals surface area contributed by atoms with Gasteiger partial charge in [0.05, 0.1) is 11.1 Å². The van der Waals surface area contributed by atoms with Crippen molar-refractivity contribution in [3.63, 3.8) is 0 Å². The van der Waals surface area contributed by atoms with Crippen LogP contribution in [-0.2, 0) is 11.8 Å². The molecule has 1 atom stereocenters. The van der Waals surface area contributed by atoms with E-state index in [0.717, 1.165) is 31.0 Å². The zero-order chi connectivity index (χ0) is 11.8. The molecule has 1 aliphatic heterocycles. The van der Waals surface area contributed by atoms with Crippen LogP contribution in [0.15, 0.2) is 6.07 Å². The van der Waals surface area contributed by atoms with E-state index in [1.165, 1.54) is 0 Å². The molecule has 0 bridgehead atoms. The molecule has 1 aliphatic rings. The maximum Gasteiger partial charge on any atom is 0.232 e. The smallest absolute Gasteiger partial charge is 0.232 e. The summed E-state index contributed by atoms with van der Waals surface area (Å²) in [6.45, 7) is 5.56. The third-order valence-electron chi connectivity index (χ3n) is 3.16. The van der Waals surface area contributed by atoms with Gasteiger partial charge in [0.25, 0.3) is 0 Å². The second kappa shape index (κ2) is 5.06. The Hall–Kier alpha value is -1.07. The summed E-state index contributed by atoms with van der Waals surface area (Å²) in [6, 6.07) is 1.88. The molecule has 5 nitrogen and oxygen atoms in total. The molecular formula is C11H19ClN4O. The SMILES string of the molecule is Cc1cc(NC(=O)C2(C)CCNC2)n(C)n1.Cl. The molecule has 2 heterocycles. The van der Waals surface area contributed by atoms with Gasteiger partial charge < -0.3 is 10.6 Å². The van der Waals surface area contributed by atoms with Crippen molar-refractivity contribution in [1.29, 1.82) is 0 Å². The average molecular weight is 259 g/mol. The van der Waals surface area contributed by atoms with Crippen molar-refractivity contribution in [2.75, 3.05) is 18.4 Å². The van der Waals surface area contributed by atoms with Crippen LogP contribution < -0.4 is 10.6 Å². The van der Waals surface area contributed by atoms with Crippen molar-refractivity contribution in [2.45, 2.75) is 20.3 Å². The molecule has 1 aromatic heterocycles. The zero-order valence-electron chi connectivity index (χ0n) is 10.4. The Bertz CT molecular complexity index is 410. The Balaban J connectivity index is 0.00000144. The summed E-state index contributed by atoms with van der Waals surface area (Å²) in [6.07, 6.45) is 0.885. The lowest BCUT2D eigenvalue weighted by Crippen LogP contribution is -2.35. The van der Waals surface area contributed by atoms with E-state index in [2.05, 4.69) is 15.7 Å². The lowest BCUT2D eigenvalue weighted by atomic mass is 9.89. The van der Waals surface area contributed by atoms with Crippen molar-refractivity contribution >= 4 is 24.1 Å². The van der Waals surface area contributed by atoms with Crippen molar-refractivity contribution in [3.8, 4) is 0 Å². The number of nitrogens with zero attached hydrogens (tertiary/aromatic N) is 2. The van der Waals surface area contributed by atoms with Gasteiger partial charge in [0.1, 0.15) is 5.82 Å². The maximum atomic E-state index is 12.1. The molecule has 6 heteroatoms. The molecule has 1 unspecified atom stereocenters. The first-order valence-electron chi connectivity index (χ1n) is 5.54. The fourth-order valence-corrected chi connectivity index (χ4v) is 2.01. The molecule has 1 saturated heterocycles. The lowest BCUT2D eigenvalue weighted by Gasteiger charge is -2.21. The van der Waals surface area contributed by atoms with Crippen LogP contribution in [0.3, 0.4) is 0 Å². The molecule has 0 saturated carbocycles. The van der Waals surface area contributed by atoms with Gasteiger partial charge >= 0.3 is 0 Å². The number of rotatable bonds is 2. The number of hydrogen-bond acceptors (Lipinski definition) is 3. The zero-order valence-corrected chi connectivity index (χ0v) is 11.2. The predicted octanol–water partition coefficient (Wildman–Crippen LogP) is 1.09. The second-order valence-corrected chi connectivity index (χ2v) is 4.74. The molecule has 1 amide bonds. The minimum absolute atomic E-state index is 0. The van der Waals surface area contributed by atoms with Gasteiger partial charge in [-0.05, 0) is 26.8 Å². The van der Waals surface area contributed by atoms with Gasteiger partial charge in [0.15, 0.2) is 0 Å². The number of hydrogen-bond donors (Lipinski definition) is 2. The standard InChI is InChI=1S/C11H18N4O.ClH/c1-8-6-9(15(3)14-8)13-10(16)11(2)4-5-12-7-11;/h6,12H,4-5,7H2,1-3H3,(H,13,16);1H. The minimum atomic E-state index is -0.293. The van der Waals surface area contributed by atoms with Crippen LogP contribution in [0.1, 0.15) is 19.0 Å². The third kappa shape index (κ3) is 2.79. The fraction of sp³-hybridized carbons (Fsp3) is 0.636. The molecule has 1 aromatic rings. The number of nitrogens with one attached hydrogen (secondary N) is 2. The molecule has 0 spiro atoms. The van der Waals surface area contributed by atoms with Crippen molar-refractivity contribution < 1.29 is 4.79 Å². The number of carbonyl (C=O) groups excluding carboxylic acids is 1. The number of amides is 1. The second-order valence-electron chi connectivity index (χ2n) is 4.74. The van der Waals surface area contributed by atoms with Crippen LogP contribution in [0, 0.1) is 12.3 Å². The Kier molecular flexibility index (Phi) is 4.16. The van der Waals surface area contributed by atoms with Gasteiger partial charge in [-0.1, -0.05) is 0 Å². The number of anilines is 1. The average Bonchev–Trinajstić information content (AvgIpc) is 2.75. The summed E-state index contributed by atoms with van der Waals surface area (Å²) in [5.74, 6) is 0.830. The molecule has 0 aromatic carbocycles. The maximum absolute atomic E-state index is 12.1. The summed E-state index contributed by atoms with van der Waals surface area (Å²) >= 11 is 0. The number of aryl methyl sites for hydroxylation is 2. The van der Waals surface area contributed by atoms with Crippen LogP contribution in [0.2, 0.25) is 0 Å². The molecule has 2 N–H and O–H groups in total. The molecule has 1 fully saturated rings. The Labute approximate surface area is 107 Å². The van der Waals surface area contributed by atoms with E-state index in [4.69, 9.17) is 0 Å². The van der Waals surface area contributed by atoms with E-state index in [0.29, 0.717) is 0 Å². The van der Waals surface area contributed by atoms with Gasteiger partial charge in [-0.15, -0.1) is 12.4 Å². The van der Waals surface area contributed by atoms with E-state index in [1.54, 1.807) is 4.68 Å². The summed E-state index contributed by atoms with van der Waals surface area (Å²) in [5, 5.41) is 10.4. The molecule has 0 aliphatic carbocycles. The van der Waals surface area contributed by atoms with Crippen molar-refractivity contribution in [1.82, 2.24) is 15.1 Å². The number of halogens is 1. The van der Waals surface area contributed by atoms with Crippen LogP contribution in [0.25, 0.3) is 0 Å². The summed E-state index contributed by atoms with van der Waals surface area (Å²) < 4.78 is 1.69. The predicted molar refractivity (Wildman–Crippen MR) is 69.4 cm³/mol. The number of aromatic nitrogens is 2. The highest BCUT2D eigenvalue weighted by atomic mass is 35.5. The molecular weight excluding hydrogens is 240 g/mol. The van der Waals surface area contributed by atoms with Gasteiger partial charge in [-0.3, -0.25) is 9.48 Å². The third-order valence-corrected chi connectivity index (χ3v) is 3.16. The molecule has 17 heavy (non-hydrogen) atoms. The number of carbonyl (C=O) groups is 1. The van der Waals surface area contributed by atoms with Crippen molar-refractivity contribution in [3.05, 3.63) is 11.8 Å². The van der Waals surface area contributed by atoms with Crippen molar-refractivity contribution in [2.24, 2.45) is 12.5 Å². The van der Waals surface area contributed by atoms with Gasteiger partial charge in [0.2, 0.25) is 5.91 Å². The Morgan fingerprint density at radius 2 is 2.35 bits per heavy atom. The highest BCUT2D eigenvalue weighted by molar-refractivity contribution is 5.94. The fourth-order valence-electron chi connectivity index (χ4n) is 2.01. The normalized spacial score (nSPS) is 23.2. The molecule has 96 valence electrons. The summed E-state index contributed by atoms with van der Waals surface area (Å²) in [5.41, 5.74) is 0.616. The van der Waals surface area contributed by atoms with Gasteiger partial charge in [-0.25, -0.2) is 0 Å². The largest absolute Gasteiger partial charge is 0.316 e. The summed E-state index contributed by atoms with van der Waals surface area (Å²) in [7, 11) is 1.83. The molecule has 2 rings (SSSR count). The van der Waals surface area contributed by atoms with Gasteiger partial charge in [-0.2, -0.15) is 5.10 Å². The Morgan fingerprint density at radius 3 is 2.82 bits per heavy atom. The van der Waals surface area contributed by atoms with Crippen LogP contribution in [0.5, 0.6) is 0 Å². The first-order chi connectivity index (χ1) is 7.51. The quantitative estimate of drug-likeness (QED) is 0.835. The topological polar surface area (TPSA) is 59.0 Å². The highest BCUT2D eigenvalue weighted by Gasteiger charge is 2.36. The van der Waals surface area contributed by atoms with E-state index in [9.17, 15) is 4.79 Å². The van der Waals surface area contributed by atoms with E-state index in [-0.39, 0.29) is 23.7 Å². The highest BCUT2D eigenvalue weighted by Crippen LogP contribution is 2.26. The Morgan fingerprint density at radius 1 is 1.65 bits per heavy atom. The monoisotopic (exact) mass is 258 g/mol. The minimum Gasteiger partial charge on any atom is -0.316 e. The van der Waals surface area contributed by atoms with E-state index >= 15 is 0 Å². The van der Waals surface area contributed by atoms with Crippen LogP contribution >= 0.6 is 12.4 Å². The van der Waals surface area contributed by atoms with Gasteiger partial charge in [0, 0.05) is 19.7 Å². The lowest BCUT2D eigenvalue weighted by molar-refractivity contribution is -0.123. The van der Waals surface area contributed by atoms with E-state index in [1.807, 2.05) is 27.0 Å². The first kappa shape index (κ1) is 14.0. The van der Waals surface area contributed by atoms with E-state index < -0.39 is 0 Å². The van der Waals surface area contributed by atoms with Crippen LogP contribution in [0.4, 0.5) is 5.82 Å².